The van der Waals surface area contributed by atoms with E-state index < -0.39 is 41.9 Å². The molecule has 0 aromatic carbocycles. The van der Waals surface area contributed by atoms with Crippen LogP contribution in [0.4, 0.5) is 0 Å². The summed E-state index contributed by atoms with van der Waals surface area (Å²) in [4.78, 5) is 39.0. The summed E-state index contributed by atoms with van der Waals surface area (Å²) in [5.74, 6) is -3.84. The molecule has 0 spiro atoms. The second-order valence-corrected chi connectivity index (χ2v) is 3.87. The number of carboxylic acids is 3. The maximum absolute atomic E-state index is 9.99. The molecule has 3 atom stereocenters. The lowest BCUT2D eigenvalue weighted by atomic mass is 10.2. The summed E-state index contributed by atoms with van der Waals surface area (Å²) in [5.41, 5.74) is 19.2. The van der Waals surface area contributed by atoms with Crippen molar-refractivity contribution in [1.82, 2.24) is 0 Å². The molecule has 0 radical (unpaired) electrons. The van der Waals surface area contributed by atoms with Gasteiger partial charge >= 0.3 is 17.9 Å². The Hall–Kier alpha value is -2.24. The van der Waals surface area contributed by atoms with E-state index in [0.29, 0.717) is 0 Å². The van der Waals surface area contributed by atoms with Crippen LogP contribution in [-0.2, 0) is 19.2 Å². The lowest BCUT2D eigenvalue weighted by Crippen LogP contribution is -2.34. The normalized spacial score (nSPS) is 13.2. The van der Waals surface area contributed by atoms with Crippen LogP contribution in [0.15, 0.2) is 0 Å². The smallest absolute Gasteiger partial charge is 0.321 e. The van der Waals surface area contributed by atoms with Gasteiger partial charge in [0.25, 0.3) is 0 Å². The Kier molecular flexibility index (Phi) is 14.5. The molecule has 124 valence electrons. The zero-order chi connectivity index (χ0) is 17.7. The lowest BCUT2D eigenvalue weighted by molar-refractivity contribution is -0.140. The Labute approximate surface area is 120 Å². The van der Waals surface area contributed by atoms with E-state index in [-0.39, 0.29) is 6.42 Å². The van der Waals surface area contributed by atoms with Gasteiger partial charge in [-0.25, -0.2) is 0 Å². The molecule has 0 saturated carbocycles. The molecule has 0 aliphatic carbocycles. The number of aliphatic carboxylic acids is 3. The van der Waals surface area contributed by atoms with Crippen LogP contribution in [0, 0.1) is 0 Å². The van der Waals surface area contributed by atoms with E-state index in [9.17, 15) is 19.2 Å². The quantitative estimate of drug-likeness (QED) is 0.273. The van der Waals surface area contributed by atoms with E-state index in [1.54, 1.807) is 0 Å². The van der Waals surface area contributed by atoms with E-state index in [4.69, 9.17) is 32.5 Å². The molecule has 0 heterocycles. The van der Waals surface area contributed by atoms with Gasteiger partial charge in [0, 0.05) is 0 Å². The van der Waals surface area contributed by atoms with Gasteiger partial charge in [0.05, 0.1) is 6.42 Å². The SMILES string of the molecule is C[C@H](N)C(=O)O.C[C@H](N)C(=O)O.NC(=O)C[C@H](N)C(=O)O. The number of hydrogen-bond acceptors (Lipinski definition) is 7. The average Bonchev–Trinajstić information content (AvgIpc) is 2.29. The Morgan fingerprint density at radius 1 is 0.810 bits per heavy atom. The molecule has 0 fully saturated rings. The van der Waals surface area contributed by atoms with Crippen molar-refractivity contribution < 1.29 is 34.5 Å². The van der Waals surface area contributed by atoms with Crippen molar-refractivity contribution in [3.63, 3.8) is 0 Å². The number of nitrogens with two attached hydrogens (primary N) is 4. The summed E-state index contributed by atoms with van der Waals surface area (Å²) in [6, 6.07) is -2.63. The number of carbonyl (C=O) groups excluding carboxylic acids is 1. The Morgan fingerprint density at radius 2 is 1.05 bits per heavy atom. The molecule has 11 N–H and O–H groups in total. The van der Waals surface area contributed by atoms with Gasteiger partial charge in [0.1, 0.15) is 18.1 Å². The molecule has 11 heteroatoms. The maximum Gasteiger partial charge on any atom is 0.321 e. The highest BCUT2D eigenvalue weighted by Gasteiger charge is 2.13. The minimum Gasteiger partial charge on any atom is -0.480 e. The fourth-order valence-electron chi connectivity index (χ4n) is 0.304. The lowest BCUT2D eigenvalue weighted by Gasteiger charge is -1.99. The Bertz CT molecular complexity index is 339. The summed E-state index contributed by atoms with van der Waals surface area (Å²) < 4.78 is 0. The third-order valence-electron chi connectivity index (χ3n) is 1.52. The molecule has 1 amide bonds. The van der Waals surface area contributed by atoms with Gasteiger partial charge in [-0.1, -0.05) is 0 Å². The van der Waals surface area contributed by atoms with Crippen LogP contribution in [0.25, 0.3) is 0 Å². The summed E-state index contributed by atoms with van der Waals surface area (Å²) >= 11 is 0. The minimum absolute atomic E-state index is 0.310. The predicted octanol–water partition coefficient (Wildman–Crippen LogP) is -2.89. The molecule has 0 aliphatic rings. The molecular formula is C10H22N4O7. The summed E-state index contributed by atoms with van der Waals surface area (Å²) in [6.45, 7) is 2.84. The first-order valence-corrected chi connectivity index (χ1v) is 5.56. The fourth-order valence-corrected chi connectivity index (χ4v) is 0.304. The monoisotopic (exact) mass is 310 g/mol. The van der Waals surface area contributed by atoms with Gasteiger partial charge in [-0.05, 0) is 13.8 Å². The first-order valence-electron chi connectivity index (χ1n) is 5.56. The van der Waals surface area contributed by atoms with E-state index >= 15 is 0 Å². The van der Waals surface area contributed by atoms with Crippen LogP contribution in [0.5, 0.6) is 0 Å². The number of carboxylic acid groups (broad SMARTS) is 3. The molecular weight excluding hydrogens is 288 g/mol. The predicted molar refractivity (Wildman–Crippen MR) is 72.0 cm³/mol. The number of primary amides is 1. The van der Waals surface area contributed by atoms with E-state index in [1.165, 1.54) is 13.8 Å². The summed E-state index contributed by atoms with van der Waals surface area (Å²) in [7, 11) is 0. The van der Waals surface area contributed by atoms with Gasteiger partial charge in [0.15, 0.2) is 0 Å². The minimum atomic E-state index is -1.21. The second-order valence-electron chi connectivity index (χ2n) is 3.87. The highest BCUT2D eigenvalue weighted by atomic mass is 16.4. The first kappa shape index (κ1) is 23.8. The van der Waals surface area contributed by atoms with Crippen LogP contribution in [0.1, 0.15) is 20.3 Å². The van der Waals surface area contributed by atoms with Gasteiger partial charge < -0.3 is 38.3 Å². The van der Waals surface area contributed by atoms with E-state index in [2.05, 4.69) is 5.73 Å². The second kappa shape index (κ2) is 12.8. The molecule has 0 aliphatic heterocycles. The van der Waals surface area contributed by atoms with Crippen molar-refractivity contribution in [2.45, 2.75) is 38.4 Å². The Morgan fingerprint density at radius 3 is 1.10 bits per heavy atom. The summed E-state index contributed by atoms with van der Waals surface area (Å²) in [6.07, 6.45) is -0.310. The zero-order valence-electron chi connectivity index (χ0n) is 11.7. The highest BCUT2D eigenvalue weighted by Crippen LogP contribution is 1.84. The number of amides is 1. The average molecular weight is 310 g/mol. The number of carbonyl (C=O) groups is 4. The molecule has 0 aromatic rings. The van der Waals surface area contributed by atoms with Gasteiger partial charge in [0.2, 0.25) is 5.91 Å². The van der Waals surface area contributed by atoms with Gasteiger partial charge in [-0.15, -0.1) is 0 Å². The van der Waals surface area contributed by atoms with Crippen molar-refractivity contribution in [1.29, 1.82) is 0 Å². The van der Waals surface area contributed by atoms with Crippen molar-refractivity contribution >= 4 is 23.8 Å². The third-order valence-corrected chi connectivity index (χ3v) is 1.52. The standard InChI is InChI=1S/C4H8N2O3.2C3H7NO2/c5-2(4(8)9)1-3(6)7;2*1-2(4)3(5)6/h2H,1,5H2,(H2,6,7)(H,8,9);2*2H,4H2,1H3,(H,5,6)/t3*2-/m000/s1. The van der Waals surface area contributed by atoms with Crippen LogP contribution < -0.4 is 22.9 Å². The Balaban J connectivity index is -0.000000240. The van der Waals surface area contributed by atoms with Crippen LogP contribution in [-0.4, -0.2) is 57.3 Å². The molecule has 11 nitrogen and oxygen atoms in total. The molecule has 0 bridgehead atoms. The molecule has 0 saturated heterocycles. The first-order chi connectivity index (χ1) is 9.32. The zero-order valence-corrected chi connectivity index (χ0v) is 11.7. The van der Waals surface area contributed by atoms with Crippen LogP contribution in [0.2, 0.25) is 0 Å². The largest absolute Gasteiger partial charge is 0.480 e. The van der Waals surface area contributed by atoms with Crippen LogP contribution >= 0.6 is 0 Å². The van der Waals surface area contributed by atoms with Crippen molar-refractivity contribution in [3.8, 4) is 0 Å². The number of rotatable bonds is 5. The van der Waals surface area contributed by atoms with Crippen molar-refractivity contribution in [2.24, 2.45) is 22.9 Å². The van der Waals surface area contributed by atoms with E-state index in [0.717, 1.165) is 0 Å². The molecule has 21 heavy (non-hydrogen) atoms. The fraction of sp³-hybridized carbons (Fsp3) is 0.600. The topological polar surface area (TPSA) is 233 Å². The van der Waals surface area contributed by atoms with Crippen molar-refractivity contribution in [2.75, 3.05) is 0 Å². The number of hydrogen-bond donors (Lipinski definition) is 7. The van der Waals surface area contributed by atoms with E-state index in [1.807, 2.05) is 0 Å². The summed E-state index contributed by atoms with van der Waals surface area (Å²) in [5, 5.41) is 23.8. The molecule has 0 rings (SSSR count). The highest BCUT2D eigenvalue weighted by molar-refractivity contribution is 5.83. The van der Waals surface area contributed by atoms with Crippen molar-refractivity contribution in [3.05, 3.63) is 0 Å². The van der Waals surface area contributed by atoms with Crippen LogP contribution in [0.3, 0.4) is 0 Å². The van der Waals surface area contributed by atoms with Gasteiger partial charge in [-0.2, -0.15) is 0 Å². The van der Waals surface area contributed by atoms with Gasteiger partial charge in [-0.3, -0.25) is 19.2 Å². The maximum atomic E-state index is 9.99. The third kappa shape index (κ3) is 23.3. The molecule has 0 aromatic heterocycles. The molecule has 0 unspecified atom stereocenters.